The van der Waals surface area contributed by atoms with Gasteiger partial charge in [-0.15, -0.1) is 0 Å². The minimum absolute atomic E-state index is 0.0961. The molecule has 0 amide bonds. The van der Waals surface area contributed by atoms with Gasteiger partial charge in [0, 0.05) is 14.2 Å². The van der Waals surface area contributed by atoms with Gasteiger partial charge in [0.2, 0.25) is 0 Å². The van der Waals surface area contributed by atoms with Crippen molar-refractivity contribution in [3.8, 4) is 5.75 Å². The Morgan fingerprint density at radius 2 is 1.23 bits per heavy atom. The summed E-state index contributed by atoms with van der Waals surface area (Å²) in [5, 5.41) is -0.855. The van der Waals surface area contributed by atoms with E-state index in [1.165, 1.54) is 14.2 Å². The number of halogens is 5. The Morgan fingerprint density at radius 1 is 0.767 bits per heavy atom. The molecule has 0 heterocycles. The Balaban J connectivity index is 2.87. The van der Waals surface area contributed by atoms with Gasteiger partial charge in [0.1, 0.15) is 10.0 Å². The third kappa shape index (κ3) is 7.28. The van der Waals surface area contributed by atoms with Gasteiger partial charge in [-0.3, -0.25) is 0 Å². The third-order valence-electron chi connectivity index (χ3n) is 3.96. The summed E-state index contributed by atoms with van der Waals surface area (Å²) in [5.74, 6) is -2.14. The largest absolute Gasteiger partial charge is 0.464 e. The van der Waals surface area contributed by atoms with Crippen molar-refractivity contribution in [1.29, 1.82) is 0 Å². The smallest absolute Gasteiger partial charge is 0.344 e. The lowest BCUT2D eigenvalue weighted by Gasteiger charge is -2.22. The number of esters is 2. The first-order chi connectivity index (χ1) is 14.2. The van der Waals surface area contributed by atoms with Crippen LogP contribution in [0.25, 0.3) is 0 Å². The molecule has 2 atom stereocenters. The molecule has 30 heavy (non-hydrogen) atoms. The predicted molar refractivity (Wildman–Crippen MR) is 117 cm³/mol. The third-order valence-corrected chi connectivity index (χ3v) is 6.20. The van der Waals surface area contributed by atoms with Crippen LogP contribution in [0.3, 0.4) is 0 Å². The van der Waals surface area contributed by atoms with Crippen molar-refractivity contribution in [2.75, 3.05) is 27.4 Å². The van der Waals surface area contributed by atoms with Gasteiger partial charge in [0.15, 0.2) is 18.0 Å². The molecule has 2 N–H and O–H groups in total. The van der Waals surface area contributed by atoms with Crippen molar-refractivity contribution in [2.24, 2.45) is 5.73 Å². The Labute approximate surface area is 199 Å². The minimum atomic E-state index is -1.47. The first kappa shape index (κ1) is 27.5. The van der Waals surface area contributed by atoms with Crippen LogP contribution in [0.4, 0.5) is 0 Å². The van der Waals surface area contributed by atoms with Gasteiger partial charge < -0.3 is 24.7 Å². The summed E-state index contributed by atoms with van der Waals surface area (Å²) in [6.07, 6.45) is 0.477. The van der Waals surface area contributed by atoms with Gasteiger partial charge in [-0.25, -0.2) is 9.59 Å². The summed E-state index contributed by atoms with van der Waals surface area (Å²) in [7, 11) is 2.42. The standard InChI is InChI=1S/C18H22Cl5NO6/c1-27-15(17(25)29-8-6-4-3-5-7-24)16(28-2)18(26)30-14-12(22)10(20)9(19)11(21)13(14)23/h15-16H,3-8,24H2,1-2H3/t15-,16-/m1/s1. The highest BCUT2D eigenvalue weighted by Gasteiger charge is 2.38. The number of rotatable bonds is 12. The second kappa shape index (κ2) is 13.8. The number of benzene rings is 1. The summed E-state index contributed by atoms with van der Waals surface area (Å²) in [4.78, 5) is 25.0. The first-order valence-corrected chi connectivity index (χ1v) is 10.8. The monoisotopic (exact) mass is 523 g/mol. The Kier molecular flexibility index (Phi) is 12.7. The molecule has 0 aliphatic heterocycles. The Morgan fingerprint density at radius 3 is 1.73 bits per heavy atom. The van der Waals surface area contributed by atoms with E-state index in [-0.39, 0.29) is 37.5 Å². The predicted octanol–water partition coefficient (Wildman–Crippen LogP) is 4.95. The molecular formula is C18H22Cl5NO6. The molecule has 0 unspecified atom stereocenters. The highest BCUT2D eigenvalue weighted by atomic mass is 35.5. The quantitative estimate of drug-likeness (QED) is 0.136. The van der Waals surface area contributed by atoms with Gasteiger partial charge in [-0.1, -0.05) is 70.8 Å². The molecule has 0 aliphatic rings. The van der Waals surface area contributed by atoms with E-state index >= 15 is 0 Å². The molecule has 0 bridgehead atoms. The van der Waals surface area contributed by atoms with E-state index in [0.29, 0.717) is 13.0 Å². The number of carbonyl (C=O) groups is 2. The van der Waals surface area contributed by atoms with Crippen LogP contribution in [0.1, 0.15) is 25.7 Å². The maximum atomic E-state index is 12.6. The second-order valence-electron chi connectivity index (χ2n) is 6.00. The fraction of sp³-hybridized carbons (Fsp3) is 0.556. The number of hydrogen-bond acceptors (Lipinski definition) is 7. The molecule has 170 valence electrons. The van der Waals surface area contributed by atoms with Gasteiger partial charge in [-0.05, 0) is 19.4 Å². The van der Waals surface area contributed by atoms with E-state index in [1.54, 1.807) is 0 Å². The zero-order chi connectivity index (χ0) is 22.8. The molecule has 12 heteroatoms. The number of ether oxygens (including phenoxy) is 4. The van der Waals surface area contributed by atoms with Crippen LogP contribution in [0, 0.1) is 0 Å². The van der Waals surface area contributed by atoms with Crippen LogP contribution in [-0.2, 0) is 23.8 Å². The van der Waals surface area contributed by atoms with Gasteiger partial charge >= 0.3 is 11.9 Å². The lowest BCUT2D eigenvalue weighted by Crippen LogP contribution is -2.45. The van der Waals surface area contributed by atoms with Gasteiger partial charge in [-0.2, -0.15) is 0 Å². The maximum Gasteiger partial charge on any atom is 0.344 e. The van der Waals surface area contributed by atoms with Crippen LogP contribution in [0.5, 0.6) is 5.75 Å². The second-order valence-corrected chi connectivity index (χ2v) is 7.89. The summed E-state index contributed by atoms with van der Waals surface area (Å²) in [6.45, 7) is 0.774. The normalized spacial score (nSPS) is 13.1. The lowest BCUT2D eigenvalue weighted by molar-refractivity contribution is -0.173. The van der Waals surface area contributed by atoms with E-state index in [2.05, 4.69) is 0 Å². The zero-order valence-electron chi connectivity index (χ0n) is 16.3. The maximum absolute atomic E-state index is 12.6. The molecule has 0 aromatic heterocycles. The lowest BCUT2D eigenvalue weighted by atomic mass is 10.2. The van der Waals surface area contributed by atoms with Crippen molar-refractivity contribution >= 4 is 69.9 Å². The summed E-state index contributed by atoms with van der Waals surface area (Å²) in [6, 6.07) is 0. The van der Waals surface area contributed by atoms with Crippen molar-refractivity contribution in [3.63, 3.8) is 0 Å². The van der Waals surface area contributed by atoms with E-state index in [4.69, 9.17) is 82.7 Å². The van der Waals surface area contributed by atoms with E-state index < -0.39 is 24.1 Å². The van der Waals surface area contributed by atoms with E-state index in [1.807, 2.05) is 0 Å². The topological polar surface area (TPSA) is 97.1 Å². The van der Waals surface area contributed by atoms with Gasteiger partial charge in [0.05, 0.1) is 21.7 Å². The SMILES string of the molecule is CO[C@@H](C(=O)OCCCCCCN)[C@@H](OC)C(=O)Oc1c(Cl)c(Cl)c(Cl)c(Cl)c1Cl. The molecule has 0 radical (unpaired) electrons. The number of nitrogens with two attached hydrogens (primary N) is 1. The number of carbonyl (C=O) groups excluding carboxylic acids is 2. The number of methoxy groups -OCH3 is 2. The van der Waals surface area contributed by atoms with Crippen molar-refractivity contribution < 1.29 is 28.5 Å². The fourth-order valence-corrected chi connectivity index (χ4v) is 3.57. The molecule has 1 aromatic rings. The zero-order valence-corrected chi connectivity index (χ0v) is 20.1. The van der Waals surface area contributed by atoms with Crippen LogP contribution in [-0.4, -0.2) is 51.5 Å². The number of unbranched alkanes of at least 4 members (excludes halogenated alkanes) is 3. The highest BCUT2D eigenvalue weighted by Crippen LogP contribution is 2.48. The molecule has 1 rings (SSSR count). The molecular weight excluding hydrogens is 503 g/mol. The van der Waals surface area contributed by atoms with Crippen LogP contribution in [0.2, 0.25) is 25.1 Å². The fourth-order valence-electron chi connectivity index (χ4n) is 2.37. The molecule has 7 nitrogen and oxygen atoms in total. The van der Waals surface area contributed by atoms with E-state index in [9.17, 15) is 9.59 Å². The van der Waals surface area contributed by atoms with Crippen molar-refractivity contribution in [1.82, 2.24) is 0 Å². The van der Waals surface area contributed by atoms with Crippen molar-refractivity contribution in [2.45, 2.75) is 37.9 Å². The van der Waals surface area contributed by atoms with E-state index in [0.717, 1.165) is 19.3 Å². The summed E-state index contributed by atoms with van der Waals surface area (Å²) < 4.78 is 20.5. The van der Waals surface area contributed by atoms with Crippen LogP contribution < -0.4 is 10.5 Å². The summed E-state index contributed by atoms with van der Waals surface area (Å²) in [5.41, 5.74) is 5.43. The molecule has 0 fully saturated rings. The Bertz CT molecular complexity index is 719. The molecule has 1 aromatic carbocycles. The molecule has 0 saturated carbocycles. The van der Waals surface area contributed by atoms with Crippen LogP contribution in [0.15, 0.2) is 0 Å². The average molecular weight is 526 g/mol. The highest BCUT2D eigenvalue weighted by molar-refractivity contribution is 6.55. The summed E-state index contributed by atoms with van der Waals surface area (Å²) >= 11 is 29.9. The molecule has 0 aliphatic carbocycles. The minimum Gasteiger partial charge on any atom is -0.464 e. The first-order valence-electron chi connectivity index (χ1n) is 8.86. The average Bonchev–Trinajstić information content (AvgIpc) is 2.74. The number of hydrogen-bond donors (Lipinski definition) is 1. The molecule has 0 saturated heterocycles. The van der Waals surface area contributed by atoms with Crippen molar-refractivity contribution in [3.05, 3.63) is 25.1 Å². The van der Waals surface area contributed by atoms with Gasteiger partial charge in [0.25, 0.3) is 0 Å². The molecule has 0 spiro atoms. The van der Waals surface area contributed by atoms with Crippen LogP contribution >= 0.6 is 58.0 Å². The Hall–Kier alpha value is -0.510.